The summed E-state index contributed by atoms with van der Waals surface area (Å²) in [5.74, 6) is -0.144. The zero-order chi connectivity index (χ0) is 13.7. The van der Waals surface area contributed by atoms with E-state index in [4.69, 9.17) is 9.47 Å². The van der Waals surface area contributed by atoms with E-state index in [1.807, 2.05) is 6.07 Å². The highest BCUT2D eigenvalue weighted by Crippen LogP contribution is 2.12. The third-order valence-corrected chi connectivity index (χ3v) is 2.88. The number of hydrogen-bond acceptors (Lipinski definition) is 4. The van der Waals surface area contributed by atoms with Crippen LogP contribution >= 0.6 is 0 Å². The lowest BCUT2D eigenvalue weighted by molar-refractivity contribution is 0.0285. The molecule has 1 heterocycles. The fourth-order valence-corrected chi connectivity index (χ4v) is 1.78. The highest BCUT2D eigenvalue weighted by atomic mass is 16.5. The third-order valence-electron chi connectivity index (χ3n) is 2.88. The van der Waals surface area contributed by atoms with Crippen LogP contribution < -0.4 is 5.32 Å². The second-order valence-electron chi connectivity index (χ2n) is 4.20. The van der Waals surface area contributed by atoms with Gasteiger partial charge in [-0.25, -0.2) is 0 Å². The van der Waals surface area contributed by atoms with Gasteiger partial charge in [0.05, 0.1) is 24.4 Å². The van der Waals surface area contributed by atoms with E-state index < -0.39 is 0 Å². The van der Waals surface area contributed by atoms with Crippen LogP contribution in [0, 0.1) is 0 Å². The fraction of sp³-hybridized carbons (Fsp3) is 0.385. The normalized spacial score (nSPS) is 12.5. The van der Waals surface area contributed by atoms with Crippen LogP contribution in [0.25, 0.3) is 10.9 Å². The number of nitrogens with zero attached hydrogens (tertiary/aromatic N) is 1. The van der Waals surface area contributed by atoms with Crippen LogP contribution in [0.4, 0.5) is 0 Å². The lowest BCUT2D eigenvalue weighted by atomic mass is 10.1. The molecule has 1 aromatic heterocycles. The van der Waals surface area contributed by atoms with Gasteiger partial charge in [-0.3, -0.25) is 9.89 Å². The van der Waals surface area contributed by atoms with Crippen molar-refractivity contribution < 1.29 is 14.3 Å². The van der Waals surface area contributed by atoms with Crippen molar-refractivity contribution >= 4 is 16.8 Å². The number of carbonyl (C=O) groups excluding carboxylic acids is 1. The first-order valence-electron chi connectivity index (χ1n) is 5.97. The van der Waals surface area contributed by atoms with Crippen molar-refractivity contribution in [2.24, 2.45) is 0 Å². The molecule has 0 bridgehead atoms. The summed E-state index contributed by atoms with van der Waals surface area (Å²) in [5.41, 5.74) is 1.43. The third kappa shape index (κ3) is 3.30. The molecule has 0 spiro atoms. The molecule has 19 heavy (non-hydrogen) atoms. The van der Waals surface area contributed by atoms with Gasteiger partial charge in [0.1, 0.15) is 0 Å². The number of amides is 1. The molecule has 0 radical (unpaired) electrons. The Hall–Kier alpha value is -1.92. The summed E-state index contributed by atoms with van der Waals surface area (Å²) in [4.78, 5) is 12.0. The van der Waals surface area contributed by atoms with E-state index >= 15 is 0 Å². The van der Waals surface area contributed by atoms with Crippen LogP contribution in [0.1, 0.15) is 10.4 Å². The number of fused-ring (bicyclic) bond motifs is 1. The molecule has 2 aromatic rings. The summed E-state index contributed by atoms with van der Waals surface area (Å²) in [6.45, 7) is 0.848. The van der Waals surface area contributed by atoms with E-state index in [0.29, 0.717) is 18.7 Å². The molecule has 102 valence electrons. The molecule has 2 rings (SSSR count). The largest absolute Gasteiger partial charge is 0.382 e. The molecule has 0 aliphatic heterocycles. The van der Waals surface area contributed by atoms with E-state index in [2.05, 4.69) is 15.5 Å². The number of ether oxygens (including phenoxy) is 2. The molecule has 6 nitrogen and oxygen atoms in total. The summed E-state index contributed by atoms with van der Waals surface area (Å²) < 4.78 is 10.2. The van der Waals surface area contributed by atoms with Crippen molar-refractivity contribution in [1.82, 2.24) is 15.5 Å². The fourth-order valence-electron chi connectivity index (χ4n) is 1.78. The average molecular weight is 263 g/mol. The van der Waals surface area contributed by atoms with Crippen molar-refractivity contribution in [3.63, 3.8) is 0 Å². The van der Waals surface area contributed by atoms with Crippen LogP contribution in [0.15, 0.2) is 24.4 Å². The Bertz CT molecular complexity index is 553. The number of aromatic amines is 1. The molecule has 1 aromatic carbocycles. The van der Waals surface area contributed by atoms with Crippen molar-refractivity contribution in [3.05, 3.63) is 30.0 Å². The van der Waals surface area contributed by atoms with E-state index in [0.717, 1.165) is 10.9 Å². The number of nitrogens with one attached hydrogen (secondary N) is 2. The summed E-state index contributed by atoms with van der Waals surface area (Å²) >= 11 is 0. The van der Waals surface area contributed by atoms with Gasteiger partial charge in [-0.1, -0.05) is 6.07 Å². The molecule has 1 atom stereocenters. The number of hydrogen-bond donors (Lipinski definition) is 2. The maximum Gasteiger partial charge on any atom is 0.251 e. The Morgan fingerprint density at radius 2 is 2.32 bits per heavy atom. The molecular formula is C13H17N3O3. The minimum absolute atomic E-state index is 0.144. The molecular weight excluding hydrogens is 246 g/mol. The van der Waals surface area contributed by atoms with Crippen LogP contribution in [0.2, 0.25) is 0 Å². The molecule has 0 fully saturated rings. The first kappa shape index (κ1) is 13.5. The maximum absolute atomic E-state index is 12.0. The quantitative estimate of drug-likeness (QED) is 0.813. The summed E-state index contributed by atoms with van der Waals surface area (Å²) in [6, 6.07) is 5.40. The van der Waals surface area contributed by atoms with Gasteiger partial charge in [0, 0.05) is 31.7 Å². The molecule has 0 saturated carbocycles. The molecule has 0 aliphatic rings. The van der Waals surface area contributed by atoms with Crippen molar-refractivity contribution in [3.8, 4) is 0 Å². The zero-order valence-electron chi connectivity index (χ0n) is 11.0. The smallest absolute Gasteiger partial charge is 0.251 e. The SMILES string of the molecule is COCC(CNC(=O)c1ccc2cn[nH]c2c1)OC. The first-order chi connectivity index (χ1) is 9.24. The number of aromatic nitrogens is 2. The van der Waals surface area contributed by atoms with Gasteiger partial charge in [-0.15, -0.1) is 0 Å². The molecule has 0 aliphatic carbocycles. The molecule has 0 saturated heterocycles. The lowest BCUT2D eigenvalue weighted by Crippen LogP contribution is -2.35. The minimum Gasteiger partial charge on any atom is -0.382 e. The summed E-state index contributed by atoms with van der Waals surface area (Å²) in [5, 5.41) is 10.5. The van der Waals surface area contributed by atoms with Gasteiger partial charge < -0.3 is 14.8 Å². The first-order valence-corrected chi connectivity index (χ1v) is 5.97. The van der Waals surface area contributed by atoms with Crippen molar-refractivity contribution in [2.75, 3.05) is 27.4 Å². The molecule has 1 amide bonds. The highest BCUT2D eigenvalue weighted by molar-refractivity contribution is 5.97. The minimum atomic E-state index is -0.148. The van der Waals surface area contributed by atoms with Gasteiger partial charge in [-0.2, -0.15) is 5.10 Å². The Balaban J connectivity index is 1.98. The van der Waals surface area contributed by atoms with E-state index in [9.17, 15) is 4.79 Å². The maximum atomic E-state index is 12.0. The molecule has 6 heteroatoms. The monoisotopic (exact) mass is 263 g/mol. The predicted octanol–water partition coefficient (Wildman–Crippen LogP) is 0.954. The second-order valence-corrected chi connectivity index (χ2v) is 4.20. The van der Waals surface area contributed by atoms with Crippen LogP contribution in [-0.4, -0.2) is 49.6 Å². The molecule has 2 N–H and O–H groups in total. The van der Waals surface area contributed by atoms with Crippen molar-refractivity contribution in [1.29, 1.82) is 0 Å². The van der Waals surface area contributed by atoms with E-state index in [1.165, 1.54) is 0 Å². The second kappa shape index (κ2) is 6.31. The van der Waals surface area contributed by atoms with E-state index in [-0.39, 0.29) is 12.0 Å². The standard InChI is InChI=1S/C13H17N3O3/c1-18-8-11(19-2)7-14-13(17)9-3-4-10-6-15-16-12(10)5-9/h3-6,11H,7-8H2,1-2H3,(H,14,17)(H,15,16). The van der Waals surface area contributed by atoms with Gasteiger partial charge in [0.2, 0.25) is 0 Å². The van der Waals surface area contributed by atoms with Gasteiger partial charge in [-0.05, 0) is 12.1 Å². The van der Waals surface area contributed by atoms with Crippen LogP contribution in [0.3, 0.4) is 0 Å². The number of benzene rings is 1. The Kier molecular flexibility index (Phi) is 4.48. The number of methoxy groups -OCH3 is 2. The number of H-pyrrole nitrogens is 1. The topological polar surface area (TPSA) is 76.2 Å². The van der Waals surface area contributed by atoms with Gasteiger partial charge in [0.25, 0.3) is 5.91 Å². The van der Waals surface area contributed by atoms with E-state index in [1.54, 1.807) is 32.5 Å². The summed E-state index contributed by atoms with van der Waals surface area (Å²) in [6.07, 6.45) is 1.57. The average Bonchev–Trinajstić information content (AvgIpc) is 2.90. The number of carbonyl (C=O) groups is 1. The van der Waals surface area contributed by atoms with Gasteiger partial charge in [0.15, 0.2) is 0 Å². The predicted molar refractivity (Wildman–Crippen MR) is 71.1 cm³/mol. The van der Waals surface area contributed by atoms with Crippen LogP contribution in [-0.2, 0) is 9.47 Å². The lowest BCUT2D eigenvalue weighted by Gasteiger charge is -2.14. The Morgan fingerprint density at radius 1 is 1.47 bits per heavy atom. The number of rotatable bonds is 6. The summed E-state index contributed by atoms with van der Waals surface area (Å²) in [7, 11) is 3.19. The Morgan fingerprint density at radius 3 is 3.05 bits per heavy atom. The molecule has 1 unspecified atom stereocenters. The highest BCUT2D eigenvalue weighted by Gasteiger charge is 2.11. The zero-order valence-corrected chi connectivity index (χ0v) is 11.0. The van der Waals surface area contributed by atoms with Gasteiger partial charge >= 0.3 is 0 Å². The van der Waals surface area contributed by atoms with Crippen molar-refractivity contribution in [2.45, 2.75) is 6.10 Å². The Labute approximate surface area is 111 Å². The van der Waals surface area contributed by atoms with Crippen LogP contribution in [0.5, 0.6) is 0 Å².